The lowest BCUT2D eigenvalue weighted by molar-refractivity contribution is 0.165. The van der Waals surface area contributed by atoms with Crippen LogP contribution in [0.5, 0.6) is 0 Å². The van der Waals surface area contributed by atoms with Crippen LogP contribution in [0.2, 0.25) is 0 Å². The topological polar surface area (TPSA) is 32.3 Å². The molecular weight excluding hydrogens is 162 g/mol. The summed E-state index contributed by atoms with van der Waals surface area (Å²) >= 11 is 0. The molecule has 2 heteroatoms. The molecule has 0 fully saturated rings. The van der Waals surface area contributed by atoms with Gasteiger partial charge < -0.3 is 10.4 Å². The zero-order valence-corrected chi connectivity index (χ0v) is 8.03. The van der Waals surface area contributed by atoms with Gasteiger partial charge in [-0.1, -0.05) is 30.3 Å². The second-order valence-electron chi connectivity index (χ2n) is 3.24. The maximum absolute atomic E-state index is 9.59. The van der Waals surface area contributed by atoms with E-state index < -0.39 is 0 Å². The Morgan fingerprint density at radius 2 is 2.00 bits per heavy atom. The minimum absolute atomic E-state index is 0.227. The normalized spacial score (nSPS) is 12.8. The minimum atomic E-state index is -0.227. The fourth-order valence-electron chi connectivity index (χ4n) is 1.30. The van der Waals surface area contributed by atoms with Crippen molar-refractivity contribution in [3.8, 4) is 0 Å². The summed E-state index contributed by atoms with van der Waals surface area (Å²) in [7, 11) is 1.90. The van der Waals surface area contributed by atoms with Crippen LogP contribution >= 0.6 is 0 Å². The molecule has 1 aromatic rings. The predicted molar refractivity (Wildman–Crippen MR) is 54.7 cm³/mol. The van der Waals surface area contributed by atoms with Gasteiger partial charge in [0.05, 0.1) is 6.10 Å². The molecule has 0 spiro atoms. The van der Waals surface area contributed by atoms with Crippen molar-refractivity contribution in [3.63, 3.8) is 0 Å². The summed E-state index contributed by atoms with van der Waals surface area (Å²) in [5.41, 5.74) is 1.20. The summed E-state index contributed by atoms with van der Waals surface area (Å²) in [6, 6.07) is 10.1. The van der Waals surface area contributed by atoms with Crippen LogP contribution in [0, 0.1) is 0 Å². The van der Waals surface area contributed by atoms with Crippen molar-refractivity contribution in [1.82, 2.24) is 5.32 Å². The number of hydrogen-bond acceptors (Lipinski definition) is 2. The molecule has 0 saturated heterocycles. The molecule has 2 nitrogen and oxygen atoms in total. The fourth-order valence-corrected chi connectivity index (χ4v) is 1.30. The highest BCUT2D eigenvalue weighted by Crippen LogP contribution is 2.04. The first kappa shape index (κ1) is 10.2. The van der Waals surface area contributed by atoms with Gasteiger partial charge in [-0.2, -0.15) is 0 Å². The Bertz CT molecular complexity index is 223. The Morgan fingerprint density at radius 3 is 2.62 bits per heavy atom. The summed E-state index contributed by atoms with van der Waals surface area (Å²) in [4.78, 5) is 0. The Morgan fingerprint density at radius 1 is 1.31 bits per heavy atom. The summed E-state index contributed by atoms with van der Waals surface area (Å²) < 4.78 is 0. The van der Waals surface area contributed by atoms with E-state index >= 15 is 0 Å². The summed E-state index contributed by atoms with van der Waals surface area (Å²) in [5, 5.41) is 12.6. The van der Waals surface area contributed by atoms with Gasteiger partial charge in [-0.25, -0.2) is 0 Å². The average molecular weight is 179 g/mol. The van der Waals surface area contributed by atoms with Gasteiger partial charge in [0.15, 0.2) is 0 Å². The SMILES string of the molecule is CNCCC(O)Cc1ccccc1. The van der Waals surface area contributed by atoms with E-state index in [1.165, 1.54) is 5.56 Å². The van der Waals surface area contributed by atoms with Crippen molar-refractivity contribution in [2.75, 3.05) is 13.6 Å². The van der Waals surface area contributed by atoms with E-state index in [4.69, 9.17) is 0 Å². The third-order valence-electron chi connectivity index (χ3n) is 2.04. The van der Waals surface area contributed by atoms with Gasteiger partial charge in [0.25, 0.3) is 0 Å². The summed E-state index contributed by atoms with van der Waals surface area (Å²) in [5.74, 6) is 0. The third kappa shape index (κ3) is 4.06. The monoisotopic (exact) mass is 179 g/mol. The van der Waals surface area contributed by atoms with E-state index in [1.807, 2.05) is 37.4 Å². The maximum atomic E-state index is 9.59. The Hall–Kier alpha value is -0.860. The van der Waals surface area contributed by atoms with E-state index in [0.717, 1.165) is 19.4 Å². The standard InChI is InChI=1S/C11H17NO/c1-12-8-7-11(13)9-10-5-3-2-4-6-10/h2-6,11-13H,7-9H2,1H3. The summed E-state index contributed by atoms with van der Waals surface area (Å²) in [6.45, 7) is 0.869. The molecule has 0 saturated carbocycles. The molecule has 0 bridgehead atoms. The van der Waals surface area contributed by atoms with Crippen LogP contribution in [0.15, 0.2) is 30.3 Å². The largest absolute Gasteiger partial charge is 0.393 e. The van der Waals surface area contributed by atoms with Crippen molar-refractivity contribution in [2.45, 2.75) is 18.9 Å². The number of aliphatic hydroxyl groups excluding tert-OH is 1. The molecule has 0 aliphatic carbocycles. The molecule has 72 valence electrons. The van der Waals surface area contributed by atoms with Gasteiger partial charge >= 0.3 is 0 Å². The lowest BCUT2D eigenvalue weighted by Crippen LogP contribution is -2.18. The summed E-state index contributed by atoms with van der Waals surface area (Å²) in [6.07, 6.45) is 1.34. The molecule has 1 aromatic carbocycles. The molecule has 13 heavy (non-hydrogen) atoms. The van der Waals surface area contributed by atoms with Crippen LogP contribution in [0.3, 0.4) is 0 Å². The molecule has 2 N–H and O–H groups in total. The highest BCUT2D eigenvalue weighted by Gasteiger charge is 2.03. The van der Waals surface area contributed by atoms with Crippen molar-refractivity contribution in [2.24, 2.45) is 0 Å². The van der Waals surface area contributed by atoms with Crippen LogP contribution < -0.4 is 5.32 Å². The number of hydrogen-bond donors (Lipinski definition) is 2. The average Bonchev–Trinajstić information content (AvgIpc) is 2.16. The van der Waals surface area contributed by atoms with Gasteiger partial charge in [-0.3, -0.25) is 0 Å². The molecule has 0 aromatic heterocycles. The molecule has 0 aliphatic rings. The van der Waals surface area contributed by atoms with Crippen molar-refractivity contribution in [1.29, 1.82) is 0 Å². The number of aliphatic hydroxyl groups is 1. The second-order valence-corrected chi connectivity index (χ2v) is 3.24. The molecule has 1 unspecified atom stereocenters. The second kappa shape index (κ2) is 5.73. The first-order valence-electron chi connectivity index (χ1n) is 4.69. The van der Waals surface area contributed by atoms with E-state index in [-0.39, 0.29) is 6.10 Å². The molecular formula is C11H17NO. The molecule has 1 rings (SSSR count). The van der Waals surface area contributed by atoms with Gasteiger partial charge in [0, 0.05) is 0 Å². The highest BCUT2D eigenvalue weighted by molar-refractivity contribution is 5.15. The highest BCUT2D eigenvalue weighted by atomic mass is 16.3. The van der Waals surface area contributed by atoms with Crippen LogP contribution in [0.1, 0.15) is 12.0 Å². The van der Waals surface area contributed by atoms with Gasteiger partial charge in [-0.15, -0.1) is 0 Å². The van der Waals surface area contributed by atoms with Gasteiger partial charge in [0.1, 0.15) is 0 Å². The molecule has 0 aliphatic heterocycles. The zero-order valence-electron chi connectivity index (χ0n) is 8.03. The number of nitrogens with one attached hydrogen (secondary N) is 1. The molecule has 1 atom stereocenters. The third-order valence-corrected chi connectivity index (χ3v) is 2.04. The van der Waals surface area contributed by atoms with E-state index in [9.17, 15) is 5.11 Å². The first-order valence-corrected chi connectivity index (χ1v) is 4.69. The smallest absolute Gasteiger partial charge is 0.0592 e. The lowest BCUT2D eigenvalue weighted by atomic mass is 10.1. The lowest BCUT2D eigenvalue weighted by Gasteiger charge is -2.09. The first-order chi connectivity index (χ1) is 6.33. The Balaban J connectivity index is 2.32. The Kier molecular flexibility index (Phi) is 4.50. The molecule has 0 radical (unpaired) electrons. The van der Waals surface area contributed by atoms with E-state index in [2.05, 4.69) is 5.32 Å². The van der Waals surface area contributed by atoms with Crippen molar-refractivity contribution >= 4 is 0 Å². The van der Waals surface area contributed by atoms with Gasteiger partial charge in [0.2, 0.25) is 0 Å². The quantitative estimate of drug-likeness (QED) is 0.712. The fraction of sp³-hybridized carbons (Fsp3) is 0.455. The van der Waals surface area contributed by atoms with Gasteiger partial charge in [-0.05, 0) is 32.0 Å². The van der Waals surface area contributed by atoms with Crippen LogP contribution in [-0.2, 0) is 6.42 Å². The maximum Gasteiger partial charge on any atom is 0.0592 e. The zero-order chi connectivity index (χ0) is 9.52. The predicted octanol–water partition coefficient (Wildman–Crippen LogP) is 1.20. The van der Waals surface area contributed by atoms with Crippen LogP contribution in [0.25, 0.3) is 0 Å². The number of rotatable bonds is 5. The van der Waals surface area contributed by atoms with E-state index in [1.54, 1.807) is 0 Å². The van der Waals surface area contributed by atoms with E-state index in [0.29, 0.717) is 0 Å². The van der Waals surface area contributed by atoms with Crippen LogP contribution in [-0.4, -0.2) is 24.8 Å². The van der Waals surface area contributed by atoms with Crippen LogP contribution in [0.4, 0.5) is 0 Å². The van der Waals surface area contributed by atoms with Crippen molar-refractivity contribution < 1.29 is 5.11 Å². The molecule has 0 heterocycles. The number of benzene rings is 1. The molecule has 0 amide bonds. The Labute approximate surface area is 79.6 Å². The van der Waals surface area contributed by atoms with Crippen molar-refractivity contribution in [3.05, 3.63) is 35.9 Å². The minimum Gasteiger partial charge on any atom is -0.393 e.